The van der Waals surface area contributed by atoms with Crippen molar-refractivity contribution in [2.24, 2.45) is 5.10 Å². The van der Waals surface area contributed by atoms with Gasteiger partial charge in [-0.05, 0) is 51.8 Å². The molecule has 1 N–H and O–H groups in total. The molecule has 1 heterocycles. The number of halogens is 1. The molecule has 4 aromatic rings. The fraction of sp³-hybridized carbons (Fsp3) is 0.0833. The van der Waals surface area contributed by atoms with Crippen molar-refractivity contribution in [1.82, 2.24) is 20.2 Å². The first-order chi connectivity index (χ1) is 16.2. The molecule has 0 aliphatic heterocycles. The van der Waals surface area contributed by atoms with E-state index in [1.807, 2.05) is 83.4 Å². The summed E-state index contributed by atoms with van der Waals surface area (Å²) in [6, 6.07) is 25.2. The first kappa shape index (κ1) is 22.8. The van der Waals surface area contributed by atoms with Gasteiger partial charge in [0.05, 0.1) is 23.5 Å². The van der Waals surface area contributed by atoms with Gasteiger partial charge in [-0.15, -0.1) is 10.2 Å². The Morgan fingerprint density at radius 1 is 1.09 bits per heavy atom. The van der Waals surface area contributed by atoms with Crippen molar-refractivity contribution < 1.29 is 9.53 Å². The number of thioether (sulfide) groups is 1. The molecule has 3 aromatic carbocycles. The van der Waals surface area contributed by atoms with E-state index in [0.29, 0.717) is 11.0 Å². The molecule has 4 rings (SSSR count). The van der Waals surface area contributed by atoms with Crippen LogP contribution in [0.5, 0.6) is 5.75 Å². The van der Waals surface area contributed by atoms with E-state index in [1.165, 1.54) is 11.8 Å². The number of carbonyl (C=O) groups is 1. The van der Waals surface area contributed by atoms with Gasteiger partial charge in [0.15, 0.2) is 11.0 Å². The summed E-state index contributed by atoms with van der Waals surface area (Å²) in [5.41, 5.74) is 5.25. The molecule has 33 heavy (non-hydrogen) atoms. The molecule has 0 spiro atoms. The Balaban J connectivity index is 1.45. The number of aromatic nitrogens is 3. The van der Waals surface area contributed by atoms with Crippen molar-refractivity contribution in [2.75, 3.05) is 12.9 Å². The van der Waals surface area contributed by atoms with Gasteiger partial charge in [0.2, 0.25) is 0 Å². The summed E-state index contributed by atoms with van der Waals surface area (Å²) in [5, 5.41) is 13.4. The lowest BCUT2D eigenvalue weighted by molar-refractivity contribution is -0.118. The van der Waals surface area contributed by atoms with Gasteiger partial charge >= 0.3 is 0 Å². The summed E-state index contributed by atoms with van der Waals surface area (Å²) in [6.45, 7) is 0. The van der Waals surface area contributed by atoms with Crippen molar-refractivity contribution in [3.05, 3.63) is 88.9 Å². The van der Waals surface area contributed by atoms with Crippen molar-refractivity contribution in [2.45, 2.75) is 5.16 Å². The zero-order valence-electron chi connectivity index (χ0n) is 17.7. The van der Waals surface area contributed by atoms with Gasteiger partial charge in [-0.3, -0.25) is 9.36 Å². The lowest BCUT2D eigenvalue weighted by Gasteiger charge is -2.10. The van der Waals surface area contributed by atoms with Crippen LogP contribution in [0, 0.1) is 0 Å². The Hall–Kier alpha value is -3.43. The molecule has 1 aromatic heterocycles. The van der Waals surface area contributed by atoms with Gasteiger partial charge in [0, 0.05) is 11.3 Å². The van der Waals surface area contributed by atoms with Crippen LogP contribution in [0.3, 0.4) is 0 Å². The summed E-state index contributed by atoms with van der Waals surface area (Å²) in [5.74, 6) is 1.34. The van der Waals surface area contributed by atoms with Gasteiger partial charge in [-0.2, -0.15) is 5.10 Å². The van der Waals surface area contributed by atoms with Gasteiger partial charge in [0.25, 0.3) is 5.91 Å². The third-order valence-electron chi connectivity index (χ3n) is 4.59. The second-order valence-electron chi connectivity index (χ2n) is 6.82. The highest BCUT2D eigenvalue weighted by atomic mass is 79.9. The fourth-order valence-corrected chi connectivity index (χ4v) is 4.35. The topological polar surface area (TPSA) is 81.4 Å². The highest BCUT2D eigenvalue weighted by Crippen LogP contribution is 2.28. The number of hydrogen-bond acceptors (Lipinski definition) is 6. The summed E-state index contributed by atoms with van der Waals surface area (Å²) < 4.78 is 7.97. The van der Waals surface area contributed by atoms with Crippen molar-refractivity contribution in [1.29, 1.82) is 0 Å². The fourth-order valence-electron chi connectivity index (χ4n) is 3.05. The molecule has 0 radical (unpaired) electrons. The Bertz CT molecular complexity index is 1260. The monoisotopic (exact) mass is 521 g/mol. The molecule has 0 aliphatic carbocycles. The van der Waals surface area contributed by atoms with E-state index < -0.39 is 0 Å². The highest BCUT2D eigenvalue weighted by Gasteiger charge is 2.17. The Morgan fingerprint density at radius 2 is 1.82 bits per heavy atom. The average Bonchev–Trinajstić information content (AvgIpc) is 3.28. The number of nitrogens with zero attached hydrogens (tertiary/aromatic N) is 4. The third kappa shape index (κ3) is 5.68. The van der Waals surface area contributed by atoms with Gasteiger partial charge in [-0.25, -0.2) is 5.43 Å². The first-order valence-electron chi connectivity index (χ1n) is 10.00. The highest BCUT2D eigenvalue weighted by molar-refractivity contribution is 9.10. The number of para-hydroxylation sites is 1. The van der Waals surface area contributed by atoms with E-state index in [2.05, 4.69) is 36.7 Å². The molecule has 0 saturated carbocycles. The van der Waals surface area contributed by atoms with Crippen LogP contribution in [0.1, 0.15) is 5.56 Å². The quantitative estimate of drug-likeness (QED) is 0.201. The van der Waals surface area contributed by atoms with Crippen LogP contribution in [-0.2, 0) is 4.79 Å². The minimum atomic E-state index is -0.243. The zero-order valence-corrected chi connectivity index (χ0v) is 20.1. The molecule has 9 heteroatoms. The third-order valence-corrected chi connectivity index (χ3v) is 6.14. The lowest BCUT2D eigenvalue weighted by Crippen LogP contribution is -2.20. The van der Waals surface area contributed by atoms with Crippen molar-refractivity contribution >= 4 is 39.8 Å². The van der Waals surface area contributed by atoms with Crippen molar-refractivity contribution in [3.63, 3.8) is 0 Å². The minimum absolute atomic E-state index is 0.142. The van der Waals surface area contributed by atoms with E-state index >= 15 is 0 Å². The number of rotatable bonds is 8. The number of ether oxygens (including phenoxy) is 1. The standard InChI is InChI=1S/C24H20BrN5O2S/c1-32-21-13-12-17(14-20(21)25)15-26-27-22(31)16-33-24-29-28-23(18-8-4-2-5-9-18)30(24)19-10-6-3-7-11-19/h2-15H,16H2,1H3,(H,27,31)/b26-15-. The summed E-state index contributed by atoms with van der Waals surface area (Å²) >= 11 is 4.73. The van der Waals surface area contributed by atoms with Crippen molar-refractivity contribution in [3.8, 4) is 22.8 Å². The number of hydrogen-bond donors (Lipinski definition) is 1. The van der Waals surface area contributed by atoms with Crippen LogP contribution >= 0.6 is 27.7 Å². The first-order valence-corrected chi connectivity index (χ1v) is 11.8. The number of nitrogens with one attached hydrogen (secondary N) is 1. The molecular formula is C24H20BrN5O2S. The van der Waals surface area contributed by atoms with E-state index in [4.69, 9.17) is 4.74 Å². The Kier molecular flexibility index (Phi) is 7.54. The van der Waals surface area contributed by atoms with Crippen LogP contribution in [-0.4, -0.2) is 39.7 Å². The molecule has 166 valence electrons. The number of methoxy groups -OCH3 is 1. The number of hydrazone groups is 1. The molecule has 0 fully saturated rings. The normalized spacial score (nSPS) is 11.0. The summed E-state index contributed by atoms with van der Waals surface area (Å²) in [4.78, 5) is 12.4. The van der Waals surface area contributed by atoms with Crippen LogP contribution in [0.15, 0.2) is 93.6 Å². The predicted molar refractivity (Wildman–Crippen MR) is 134 cm³/mol. The Labute approximate surface area is 204 Å². The second kappa shape index (κ2) is 10.9. The van der Waals surface area contributed by atoms with E-state index in [1.54, 1.807) is 13.3 Å². The maximum Gasteiger partial charge on any atom is 0.250 e. The maximum atomic E-state index is 12.4. The average molecular weight is 522 g/mol. The zero-order chi connectivity index (χ0) is 23.0. The molecule has 1 amide bonds. The number of benzene rings is 3. The summed E-state index contributed by atoms with van der Waals surface area (Å²) in [6.07, 6.45) is 1.58. The Morgan fingerprint density at radius 3 is 2.52 bits per heavy atom. The van der Waals surface area contributed by atoms with Gasteiger partial charge < -0.3 is 4.74 Å². The van der Waals surface area contributed by atoms with E-state index in [-0.39, 0.29) is 11.7 Å². The van der Waals surface area contributed by atoms with Gasteiger partial charge in [-0.1, -0.05) is 60.3 Å². The molecule has 7 nitrogen and oxygen atoms in total. The van der Waals surface area contributed by atoms with E-state index in [0.717, 1.165) is 27.0 Å². The SMILES string of the molecule is COc1ccc(/C=N\NC(=O)CSc2nnc(-c3ccccc3)n2-c2ccccc2)cc1Br. The smallest absolute Gasteiger partial charge is 0.250 e. The minimum Gasteiger partial charge on any atom is -0.496 e. The lowest BCUT2D eigenvalue weighted by atomic mass is 10.2. The molecule has 0 unspecified atom stereocenters. The van der Waals surface area contributed by atoms with Gasteiger partial charge in [0.1, 0.15) is 5.75 Å². The largest absolute Gasteiger partial charge is 0.496 e. The van der Waals surface area contributed by atoms with Crippen LogP contribution in [0.2, 0.25) is 0 Å². The molecule has 0 saturated heterocycles. The number of carbonyl (C=O) groups excluding carboxylic acids is 1. The molecule has 0 aliphatic rings. The maximum absolute atomic E-state index is 12.4. The predicted octanol–water partition coefficient (Wildman–Crippen LogP) is 4.95. The van der Waals surface area contributed by atoms with Crippen LogP contribution in [0.25, 0.3) is 17.1 Å². The molecule has 0 bridgehead atoms. The second-order valence-corrected chi connectivity index (χ2v) is 8.62. The van der Waals surface area contributed by atoms with Crippen LogP contribution < -0.4 is 10.2 Å². The summed E-state index contributed by atoms with van der Waals surface area (Å²) in [7, 11) is 1.60. The van der Waals surface area contributed by atoms with E-state index in [9.17, 15) is 4.79 Å². The number of amides is 1. The molecule has 0 atom stereocenters. The van der Waals surface area contributed by atoms with Crippen LogP contribution in [0.4, 0.5) is 0 Å². The molecular weight excluding hydrogens is 502 g/mol.